The number of hydrogen-bond acceptors (Lipinski definition) is 4. The molecule has 2 aromatic carbocycles. The Bertz CT molecular complexity index is 1030. The van der Waals surface area contributed by atoms with Crippen molar-refractivity contribution in [2.45, 2.75) is 11.7 Å². The van der Waals surface area contributed by atoms with Crippen LogP contribution in [0.1, 0.15) is 5.56 Å². The van der Waals surface area contributed by atoms with Gasteiger partial charge in [-0.2, -0.15) is 0 Å². The Morgan fingerprint density at radius 2 is 1.83 bits per heavy atom. The van der Waals surface area contributed by atoms with E-state index in [1.54, 1.807) is 0 Å². The average molecular weight is 340 g/mol. The Hall–Kier alpha value is -2.18. The number of carbonyl (C=O) groups excluding carboxylic acids is 1. The summed E-state index contributed by atoms with van der Waals surface area (Å²) in [5.74, 6) is -0.0357. The number of H-pyrrole nitrogens is 1. The second-order valence-corrected chi connectivity index (χ2v) is 7.35. The zero-order valence-corrected chi connectivity index (χ0v) is 13.6. The summed E-state index contributed by atoms with van der Waals surface area (Å²) in [6.07, 6.45) is 0.611. The summed E-state index contributed by atoms with van der Waals surface area (Å²) in [5, 5.41) is 5.07. The van der Waals surface area contributed by atoms with E-state index in [4.69, 9.17) is 12.2 Å². The Labute approximate surface area is 141 Å². The molecule has 1 amide bonds. The highest BCUT2D eigenvalue weighted by Crippen LogP contribution is 2.26. The first kappa shape index (κ1) is 14.4. The first-order valence-electron chi connectivity index (χ1n) is 7.17. The van der Waals surface area contributed by atoms with Crippen molar-refractivity contribution in [3.05, 3.63) is 58.4 Å². The van der Waals surface area contributed by atoms with E-state index in [0.717, 1.165) is 21.9 Å². The van der Waals surface area contributed by atoms with Crippen LogP contribution in [0.5, 0.6) is 0 Å². The van der Waals surface area contributed by atoms with Gasteiger partial charge in [-0.05, 0) is 35.6 Å². The second-order valence-electron chi connectivity index (χ2n) is 5.47. The van der Waals surface area contributed by atoms with Crippen LogP contribution in [0, 0.1) is 0 Å². The fraction of sp³-hybridized carbons (Fsp3) is 0.118. The van der Waals surface area contributed by atoms with E-state index in [1.807, 2.05) is 42.5 Å². The lowest BCUT2D eigenvalue weighted by molar-refractivity contribution is -0.118. The van der Waals surface area contributed by atoms with Crippen LogP contribution in [0.3, 0.4) is 0 Å². The number of aromatic amines is 1. The minimum Gasteiger partial charge on any atom is -0.321 e. The van der Waals surface area contributed by atoms with E-state index < -0.39 is 0 Å². The first-order chi connectivity index (χ1) is 11.1. The van der Waals surface area contributed by atoms with Crippen LogP contribution in [-0.2, 0) is 11.2 Å². The number of thiocarbonyl (C=S) groups is 1. The predicted octanol–water partition coefficient (Wildman–Crippen LogP) is 2.74. The lowest BCUT2D eigenvalue weighted by Gasteiger charge is -2.09. The normalized spacial score (nSPS) is 17.8. The highest BCUT2D eigenvalue weighted by molar-refractivity contribution is 8.24. The summed E-state index contributed by atoms with van der Waals surface area (Å²) in [6, 6.07) is 13.4. The van der Waals surface area contributed by atoms with Gasteiger partial charge >= 0.3 is 0 Å². The van der Waals surface area contributed by atoms with Gasteiger partial charge in [0.25, 0.3) is 5.56 Å². The third-order valence-corrected chi connectivity index (χ3v) is 5.35. The van der Waals surface area contributed by atoms with Crippen LogP contribution in [0.2, 0.25) is 0 Å². The number of carbonyl (C=O) groups is 1. The minimum atomic E-state index is -0.186. The molecule has 0 saturated carbocycles. The number of fused-ring (bicyclic) bond motifs is 3. The molecule has 2 N–H and O–H groups in total. The number of nitrogens with one attached hydrogen (secondary N) is 2. The number of benzene rings is 2. The number of amides is 1. The van der Waals surface area contributed by atoms with Gasteiger partial charge in [0.2, 0.25) is 5.91 Å². The number of hydrogen-bond donors (Lipinski definition) is 2. The molecule has 1 unspecified atom stereocenters. The molecule has 0 spiro atoms. The van der Waals surface area contributed by atoms with Crippen LogP contribution >= 0.6 is 24.0 Å². The molecular weight excluding hydrogens is 328 g/mol. The summed E-state index contributed by atoms with van der Waals surface area (Å²) in [7, 11) is 0. The van der Waals surface area contributed by atoms with Crippen LogP contribution in [-0.4, -0.2) is 20.5 Å². The monoisotopic (exact) mass is 340 g/mol. The maximum atomic E-state index is 12.1. The molecule has 23 heavy (non-hydrogen) atoms. The molecular formula is C17H12N2O2S2. The van der Waals surface area contributed by atoms with Crippen LogP contribution in [0.4, 0.5) is 0 Å². The van der Waals surface area contributed by atoms with E-state index in [2.05, 4.69) is 10.3 Å². The maximum absolute atomic E-state index is 12.1. The summed E-state index contributed by atoms with van der Waals surface area (Å²) in [5.41, 5.74) is 1.76. The quantitative estimate of drug-likeness (QED) is 0.556. The topological polar surface area (TPSA) is 62.0 Å². The molecule has 1 atom stereocenters. The number of pyridine rings is 1. The van der Waals surface area contributed by atoms with Gasteiger partial charge in [-0.15, -0.1) is 0 Å². The standard InChI is InChI=1S/C17H12N2O2S2/c20-15-11-4-2-1-3-10(11)12-7-9(5-6-13(12)18-15)8-14-16(21)19-17(22)23-14/h1-7,14H,8H2,(H,18,20)(H,19,21,22). The summed E-state index contributed by atoms with van der Waals surface area (Å²) in [4.78, 5) is 26.9. The molecule has 4 rings (SSSR count). The van der Waals surface area contributed by atoms with Crippen molar-refractivity contribution in [2.75, 3.05) is 0 Å². The largest absolute Gasteiger partial charge is 0.321 e. The number of thioether (sulfide) groups is 1. The second kappa shape index (κ2) is 5.47. The fourth-order valence-corrected chi connectivity index (χ4v) is 4.21. The Balaban J connectivity index is 1.83. The van der Waals surface area contributed by atoms with Gasteiger partial charge in [0.05, 0.1) is 5.25 Å². The lowest BCUT2D eigenvalue weighted by atomic mass is 10.0. The molecule has 1 aliphatic rings. The Kier molecular flexibility index (Phi) is 3.43. The van der Waals surface area contributed by atoms with Gasteiger partial charge in [0.1, 0.15) is 4.32 Å². The van der Waals surface area contributed by atoms with E-state index in [9.17, 15) is 9.59 Å². The predicted molar refractivity (Wildman–Crippen MR) is 97.9 cm³/mol. The molecule has 0 radical (unpaired) electrons. The molecule has 1 saturated heterocycles. The summed E-state index contributed by atoms with van der Waals surface area (Å²) >= 11 is 6.43. The summed E-state index contributed by atoms with van der Waals surface area (Å²) < 4.78 is 0.538. The van der Waals surface area contributed by atoms with Gasteiger partial charge in [-0.3, -0.25) is 9.59 Å². The van der Waals surface area contributed by atoms with Gasteiger partial charge < -0.3 is 10.3 Å². The van der Waals surface area contributed by atoms with Crippen molar-refractivity contribution in [3.8, 4) is 0 Å². The zero-order valence-electron chi connectivity index (χ0n) is 12.0. The van der Waals surface area contributed by atoms with E-state index in [-0.39, 0.29) is 16.7 Å². The molecule has 0 aliphatic carbocycles. The highest BCUT2D eigenvalue weighted by atomic mass is 32.2. The third kappa shape index (κ3) is 2.54. The minimum absolute atomic E-state index is 0.0357. The molecule has 6 heteroatoms. The molecule has 1 aromatic heterocycles. The van der Waals surface area contributed by atoms with Crippen LogP contribution in [0.15, 0.2) is 47.3 Å². The molecule has 114 valence electrons. The van der Waals surface area contributed by atoms with E-state index >= 15 is 0 Å². The van der Waals surface area contributed by atoms with Gasteiger partial charge in [0.15, 0.2) is 0 Å². The van der Waals surface area contributed by atoms with Gasteiger partial charge in [0, 0.05) is 16.3 Å². The third-order valence-electron chi connectivity index (χ3n) is 3.98. The average Bonchev–Trinajstić information content (AvgIpc) is 2.86. The zero-order chi connectivity index (χ0) is 16.0. The summed E-state index contributed by atoms with van der Waals surface area (Å²) in [6.45, 7) is 0. The molecule has 2 heterocycles. The van der Waals surface area contributed by atoms with Crippen LogP contribution in [0.25, 0.3) is 21.7 Å². The van der Waals surface area contributed by atoms with Gasteiger partial charge in [-0.1, -0.05) is 48.2 Å². The molecule has 4 nitrogen and oxygen atoms in total. The van der Waals surface area contributed by atoms with Crippen molar-refractivity contribution < 1.29 is 4.79 Å². The van der Waals surface area contributed by atoms with Gasteiger partial charge in [-0.25, -0.2) is 0 Å². The maximum Gasteiger partial charge on any atom is 0.256 e. The Morgan fingerprint density at radius 1 is 1.04 bits per heavy atom. The van der Waals surface area contributed by atoms with Crippen molar-refractivity contribution in [2.24, 2.45) is 0 Å². The van der Waals surface area contributed by atoms with Crippen LogP contribution < -0.4 is 10.9 Å². The molecule has 3 aromatic rings. The fourth-order valence-electron chi connectivity index (χ4n) is 2.90. The van der Waals surface area contributed by atoms with E-state index in [1.165, 1.54) is 11.8 Å². The van der Waals surface area contributed by atoms with E-state index in [0.29, 0.717) is 16.1 Å². The highest BCUT2D eigenvalue weighted by Gasteiger charge is 2.29. The SMILES string of the molecule is O=C1NC(=S)SC1Cc1ccc2[nH]c(=O)c3ccccc3c2c1. The molecule has 1 fully saturated rings. The number of rotatable bonds is 2. The Morgan fingerprint density at radius 3 is 2.57 bits per heavy atom. The van der Waals surface area contributed by atoms with Crippen molar-refractivity contribution in [1.82, 2.24) is 10.3 Å². The van der Waals surface area contributed by atoms with Crippen molar-refractivity contribution in [3.63, 3.8) is 0 Å². The van der Waals surface area contributed by atoms with Crippen molar-refractivity contribution in [1.29, 1.82) is 0 Å². The molecule has 0 bridgehead atoms. The van der Waals surface area contributed by atoms with Crippen molar-refractivity contribution >= 4 is 55.9 Å². The molecule has 1 aliphatic heterocycles. The lowest BCUT2D eigenvalue weighted by Crippen LogP contribution is -2.25. The number of aromatic nitrogens is 1. The first-order valence-corrected chi connectivity index (χ1v) is 8.46. The smallest absolute Gasteiger partial charge is 0.256 e.